The van der Waals surface area contributed by atoms with Crippen molar-refractivity contribution in [2.75, 3.05) is 5.32 Å². The van der Waals surface area contributed by atoms with Crippen LogP contribution in [0.3, 0.4) is 0 Å². The molecule has 0 radical (unpaired) electrons. The van der Waals surface area contributed by atoms with Gasteiger partial charge < -0.3 is 5.32 Å². The van der Waals surface area contributed by atoms with E-state index in [9.17, 15) is 14.4 Å². The molecule has 28 heavy (non-hydrogen) atoms. The molecule has 0 aliphatic heterocycles. The largest absolute Gasteiger partial charge is 0.321 e. The fraction of sp³-hybridized carbons (Fsp3) is 0.0952. The molecule has 0 atom stereocenters. The van der Waals surface area contributed by atoms with Crippen molar-refractivity contribution in [1.82, 2.24) is 10.9 Å². The van der Waals surface area contributed by atoms with Gasteiger partial charge in [0.05, 0.1) is 4.88 Å². The first-order valence-electron chi connectivity index (χ1n) is 8.71. The highest BCUT2D eigenvalue weighted by molar-refractivity contribution is 7.12. The Balaban J connectivity index is 1.59. The van der Waals surface area contributed by atoms with Gasteiger partial charge >= 0.3 is 0 Å². The van der Waals surface area contributed by atoms with Crippen LogP contribution in [-0.4, -0.2) is 17.7 Å². The highest BCUT2D eigenvalue weighted by Gasteiger charge is 2.11. The lowest BCUT2D eigenvalue weighted by molar-refractivity contribution is 0.0846. The minimum absolute atomic E-state index is 0.239. The highest BCUT2D eigenvalue weighted by Crippen LogP contribution is 2.15. The topological polar surface area (TPSA) is 87.3 Å². The van der Waals surface area contributed by atoms with Crippen LogP contribution in [0, 0.1) is 0 Å². The quantitative estimate of drug-likeness (QED) is 0.579. The summed E-state index contributed by atoms with van der Waals surface area (Å²) in [4.78, 5) is 37.1. The molecule has 7 heteroatoms. The average Bonchev–Trinajstić information content (AvgIpc) is 3.27. The number of rotatable bonds is 5. The van der Waals surface area contributed by atoms with Gasteiger partial charge in [-0.15, -0.1) is 11.3 Å². The van der Waals surface area contributed by atoms with Crippen LogP contribution in [0.4, 0.5) is 5.69 Å². The maximum Gasteiger partial charge on any atom is 0.269 e. The van der Waals surface area contributed by atoms with Crippen LogP contribution in [0.5, 0.6) is 0 Å². The third-order valence-corrected chi connectivity index (χ3v) is 4.91. The van der Waals surface area contributed by atoms with E-state index < -0.39 is 11.8 Å². The number of nitrogens with one attached hydrogen (secondary N) is 3. The fourth-order valence-electron chi connectivity index (χ4n) is 2.49. The monoisotopic (exact) mass is 393 g/mol. The molecule has 0 spiro atoms. The number of carbonyl (C=O) groups is 3. The number of carbonyl (C=O) groups excluding carboxylic acids is 3. The summed E-state index contributed by atoms with van der Waals surface area (Å²) < 4.78 is 0. The minimum Gasteiger partial charge on any atom is -0.321 e. The molecule has 3 aromatic rings. The van der Waals surface area contributed by atoms with Gasteiger partial charge in [0, 0.05) is 16.8 Å². The van der Waals surface area contributed by atoms with E-state index in [1.807, 2.05) is 24.4 Å². The Kier molecular flexibility index (Phi) is 6.18. The molecule has 0 aliphatic rings. The van der Waals surface area contributed by atoms with E-state index in [0.29, 0.717) is 21.7 Å². The molecule has 0 fully saturated rings. The van der Waals surface area contributed by atoms with Crippen molar-refractivity contribution in [2.45, 2.75) is 13.3 Å². The normalized spacial score (nSPS) is 10.2. The van der Waals surface area contributed by atoms with Crippen molar-refractivity contribution < 1.29 is 14.4 Å². The predicted molar refractivity (Wildman–Crippen MR) is 109 cm³/mol. The van der Waals surface area contributed by atoms with Gasteiger partial charge in [-0.1, -0.05) is 31.2 Å². The van der Waals surface area contributed by atoms with Gasteiger partial charge in [0.15, 0.2) is 0 Å². The number of aryl methyl sites for hydroxylation is 1. The number of hydrazine groups is 1. The van der Waals surface area contributed by atoms with E-state index in [1.54, 1.807) is 48.5 Å². The van der Waals surface area contributed by atoms with Crippen LogP contribution >= 0.6 is 11.3 Å². The van der Waals surface area contributed by atoms with Crippen LogP contribution < -0.4 is 16.2 Å². The maximum absolute atomic E-state index is 12.3. The minimum atomic E-state index is -0.481. The van der Waals surface area contributed by atoms with Gasteiger partial charge in [-0.05, 0) is 53.8 Å². The molecule has 3 amide bonds. The Morgan fingerprint density at radius 3 is 2.18 bits per heavy atom. The molecule has 0 bridgehead atoms. The van der Waals surface area contributed by atoms with E-state index in [4.69, 9.17) is 0 Å². The number of anilines is 1. The lowest BCUT2D eigenvalue weighted by Gasteiger charge is -2.09. The second kappa shape index (κ2) is 8.96. The van der Waals surface area contributed by atoms with Gasteiger partial charge in [0.25, 0.3) is 17.7 Å². The Morgan fingerprint density at radius 1 is 0.821 bits per heavy atom. The second-order valence-corrected chi connectivity index (χ2v) is 6.92. The Morgan fingerprint density at radius 2 is 1.54 bits per heavy atom. The molecule has 2 aromatic carbocycles. The van der Waals surface area contributed by atoms with Crippen LogP contribution in [0.15, 0.2) is 66.0 Å². The fourth-order valence-corrected chi connectivity index (χ4v) is 3.11. The van der Waals surface area contributed by atoms with Crippen molar-refractivity contribution in [3.05, 3.63) is 87.6 Å². The van der Waals surface area contributed by atoms with Crippen molar-refractivity contribution in [2.24, 2.45) is 0 Å². The molecule has 1 heterocycles. The first-order chi connectivity index (χ1) is 13.6. The van der Waals surface area contributed by atoms with E-state index in [0.717, 1.165) is 12.0 Å². The van der Waals surface area contributed by atoms with Gasteiger partial charge in [-0.2, -0.15) is 0 Å². The summed E-state index contributed by atoms with van der Waals surface area (Å²) >= 11 is 1.33. The summed E-state index contributed by atoms with van der Waals surface area (Å²) in [5.74, 6) is -1.12. The van der Waals surface area contributed by atoms with Crippen LogP contribution in [-0.2, 0) is 6.42 Å². The summed E-state index contributed by atoms with van der Waals surface area (Å²) in [6.07, 6.45) is 0.887. The molecule has 0 aliphatic carbocycles. The van der Waals surface area contributed by atoms with Crippen LogP contribution in [0.2, 0.25) is 0 Å². The smallest absolute Gasteiger partial charge is 0.269 e. The lowest BCUT2D eigenvalue weighted by Crippen LogP contribution is -2.41. The number of thiophene rings is 1. The second-order valence-electron chi connectivity index (χ2n) is 5.97. The zero-order chi connectivity index (χ0) is 19.9. The third kappa shape index (κ3) is 4.83. The SMILES string of the molecule is CCc1ccc(C(=O)NNC(=O)c2cccc(NC(=O)c3cccs3)c2)cc1. The van der Waals surface area contributed by atoms with E-state index in [-0.39, 0.29) is 5.91 Å². The van der Waals surface area contributed by atoms with Gasteiger partial charge in [-0.25, -0.2) is 0 Å². The van der Waals surface area contributed by atoms with Crippen molar-refractivity contribution in [3.63, 3.8) is 0 Å². The van der Waals surface area contributed by atoms with Crippen LogP contribution in [0.25, 0.3) is 0 Å². The molecule has 1 aromatic heterocycles. The number of hydrogen-bond acceptors (Lipinski definition) is 4. The zero-order valence-corrected chi connectivity index (χ0v) is 16.0. The van der Waals surface area contributed by atoms with E-state index >= 15 is 0 Å². The molecule has 0 saturated heterocycles. The maximum atomic E-state index is 12.3. The summed E-state index contributed by atoms with van der Waals surface area (Å²) in [6.45, 7) is 2.03. The highest BCUT2D eigenvalue weighted by atomic mass is 32.1. The predicted octanol–water partition coefficient (Wildman–Crippen LogP) is 3.64. The number of benzene rings is 2. The Hall–Kier alpha value is -3.45. The molecule has 0 saturated carbocycles. The van der Waals surface area contributed by atoms with E-state index in [1.165, 1.54) is 11.3 Å². The van der Waals surface area contributed by atoms with Crippen molar-refractivity contribution in [1.29, 1.82) is 0 Å². The van der Waals surface area contributed by atoms with E-state index in [2.05, 4.69) is 16.2 Å². The summed E-state index contributed by atoms with van der Waals surface area (Å²) in [5.41, 5.74) is 7.16. The molecule has 6 nitrogen and oxygen atoms in total. The standard InChI is InChI=1S/C21H19N3O3S/c1-2-14-8-10-15(11-9-14)19(25)23-24-20(26)16-5-3-6-17(13-16)22-21(27)18-7-4-12-28-18/h3-13H,2H2,1H3,(H,22,27)(H,23,25)(H,24,26). The first-order valence-corrected chi connectivity index (χ1v) is 9.59. The number of amides is 3. The third-order valence-electron chi connectivity index (χ3n) is 4.04. The lowest BCUT2D eigenvalue weighted by atomic mass is 10.1. The zero-order valence-electron chi connectivity index (χ0n) is 15.2. The molecule has 3 N–H and O–H groups in total. The summed E-state index contributed by atoms with van der Waals surface area (Å²) in [5, 5.41) is 4.56. The molecular formula is C21H19N3O3S. The van der Waals surface area contributed by atoms with Gasteiger partial charge in [0.1, 0.15) is 0 Å². The Labute approximate surface area is 166 Å². The summed E-state index contributed by atoms with van der Waals surface area (Å²) in [7, 11) is 0. The van der Waals surface area contributed by atoms with Crippen molar-refractivity contribution in [3.8, 4) is 0 Å². The van der Waals surface area contributed by atoms with Gasteiger partial charge in [0.2, 0.25) is 0 Å². The van der Waals surface area contributed by atoms with Crippen LogP contribution in [0.1, 0.15) is 42.9 Å². The molecular weight excluding hydrogens is 374 g/mol. The molecule has 142 valence electrons. The average molecular weight is 393 g/mol. The first kappa shape index (κ1) is 19.3. The van der Waals surface area contributed by atoms with Gasteiger partial charge in [-0.3, -0.25) is 25.2 Å². The summed E-state index contributed by atoms with van der Waals surface area (Å²) in [6, 6.07) is 17.2. The Bertz CT molecular complexity index is 982. The molecule has 0 unspecified atom stereocenters. The van der Waals surface area contributed by atoms with Crippen molar-refractivity contribution >= 4 is 34.7 Å². The number of hydrogen-bond donors (Lipinski definition) is 3. The molecule has 3 rings (SSSR count).